The molecule has 2 unspecified atom stereocenters. The van der Waals surface area contributed by atoms with E-state index >= 15 is 0 Å². The van der Waals surface area contributed by atoms with Crippen LogP contribution in [0.5, 0.6) is 5.75 Å². The molecule has 0 fully saturated rings. The summed E-state index contributed by atoms with van der Waals surface area (Å²) in [7, 11) is 4.50. The molecule has 1 amide bonds. The Morgan fingerprint density at radius 3 is 2.39 bits per heavy atom. The van der Waals surface area contributed by atoms with Gasteiger partial charge in [0.25, 0.3) is 5.91 Å². The number of rotatable bonds is 3. The van der Waals surface area contributed by atoms with E-state index in [-0.39, 0.29) is 22.6 Å². The normalized spacial score (nSPS) is 33.6. The van der Waals surface area contributed by atoms with Crippen LogP contribution in [-0.2, 0) is 9.59 Å². The molecule has 10 heteroatoms. The highest BCUT2D eigenvalue weighted by molar-refractivity contribution is 6.22. The second kappa shape index (κ2) is 7.41. The van der Waals surface area contributed by atoms with E-state index in [1.165, 1.54) is 32.1 Å². The number of aliphatic hydroxyl groups is 3. The van der Waals surface area contributed by atoms with Crippen molar-refractivity contribution in [1.82, 2.24) is 10.2 Å². The van der Waals surface area contributed by atoms with Crippen LogP contribution < -0.4 is 11.1 Å². The molecule has 7 N–H and O–H groups in total. The van der Waals surface area contributed by atoms with Crippen LogP contribution in [-0.4, -0.2) is 81.7 Å². The van der Waals surface area contributed by atoms with E-state index < -0.39 is 64.3 Å². The van der Waals surface area contributed by atoms with Crippen LogP contribution in [0.4, 0.5) is 0 Å². The third-order valence-corrected chi connectivity index (χ3v) is 7.28. The number of aliphatic hydroxyl groups excluding tert-OH is 2. The highest BCUT2D eigenvalue weighted by atomic mass is 16.3. The highest BCUT2D eigenvalue weighted by Gasteiger charge is 2.66. The van der Waals surface area contributed by atoms with Gasteiger partial charge in [0, 0.05) is 18.5 Å². The molecule has 1 aromatic rings. The van der Waals surface area contributed by atoms with Crippen molar-refractivity contribution in [3.05, 3.63) is 51.9 Å². The van der Waals surface area contributed by atoms with E-state index in [0.717, 1.165) is 0 Å². The monoisotopic (exact) mass is 457 g/mol. The molecule has 3 aliphatic carbocycles. The minimum atomic E-state index is -2.48. The van der Waals surface area contributed by atoms with Gasteiger partial charge in [0.05, 0.1) is 29.3 Å². The minimum Gasteiger partial charge on any atom is -0.508 e. The number of fused-ring (bicyclic) bond motifs is 3. The van der Waals surface area contributed by atoms with Crippen LogP contribution >= 0.6 is 0 Å². The van der Waals surface area contributed by atoms with Gasteiger partial charge in [-0.3, -0.25) is 19.3 Å². The lowest BCUT2D eigenvalue weighted by atomic mass is 9.55. The Morgan fingerprint density at radius 2 is 1.85 bits per heavy atom. The molecule has 0 heterocycles. The van der Waals surface area contributed by atoms with Crippen LogP contribution in [0.15, 0.2) is 40.8 Å². The Hall–Kier alpha value is -3.21. The maximum atomic E-state index is 13.6. The van der Waals surface area contributed by atoms with Gasteiger partial charge in [0.1, 0.15) is 17.1 Å². The lowest BCUT2D eigenvalue weighted by Gasteiger charge is -2.55. The fraction of sp³-hybridized carbons (Fsp3) is 0.435. The summed E-state index contributed by atoms with van der Waals surface area (Å²) in [4.78, 5) is 40.3. The zero-order chi connectivity index (χ0) is 24.6. The van der Waals surface area contributed by atoms with Crippen molar-refractivity contribution in [3.8, 4) is 5.75 Å². The van der Waals surface area contributed by atoms with Crippen molar-refractivity contribution in [2.75, 3.05) is 21.1 Å². The second-order valence-electron chi connectivity index (χ2n) is 9.07. The molecule has 0 saturated carbocycles. The number of likely N-dealkylation sites (N-methyl/N-ethyl adjacent to an activating group) is 2. The summed E-state index contributed by atoms with van der Waals surface area (Å²) in [6.45, 7) is 1.77. The first kappa shape index (κ1) is 23.0. The summed E-state index contributed by atoms with van der Waals surface area (Å²) in [5.74, 6) is -6.63. The molecule has 0 radical (unpaired) electrons. The number of phenols is 1. The van der Waals surface area contributed by atoms with Crippen molar-refractivity contribution < 1.29 is 34.8 Å². The third-order valence-electron chi connectivity index (χ3n) is 7.28. The number of primary amides is 1. The number of nitrogens with one attached hydrogen (secondary N) is 1. The Kier molecular flexibility index (Phi) is 5.15. The van der Waals surface area contributed by atoms with Crippen molar-refractivity contribution >= 4 is 17.5 Å². The number of nitrogens with two attached hydrogens (primary N) is 1. The molecular formula is C23H27N3O7. The molecule has 1 aromatic carbocycles. The van der Waals surface area contributed by atoms with Crippen molar-refractivity contribution in [1.29, 1.82) is 0 Å². The smallest absolute Gasteiger partial charge is 0.255 e. The summed E-state index contributed by atoms with van der Waals surface area (Å²) in [6.07, 6.45) is -1.47. The van der Waals surface area contributed by atoms with Crippen LogP contribution in [0.2, 0.25) is 0 Å². The highest BCUT2D eigenvalue weighted by Crippen LogP contribution is 2.55. The predicted molar refractivity (Wildman–Crippen MR) is 116 cm³/mol. The molecule has 6 atom stereocenters. The standard InChI is InChI=1S/C23H27N3O7/c1-8-9-6-5-7-10(27)12(9)17(28)13-11(8)18(29)15-16(26(3)4)19(30)14(22(24)32)21(31)23(15,33)20(13)25-2/h5-8,11,15-16,18,25,27,29,31,33H,1-4H3,(H2,24,32)/t8-,11?,15?,16-,18-,23-/m0/s1. The van der Waals surface area contributed by atoms with Gasteiger partial charge in [-0.25, -0.2) is 0 Å². The van der Waals surface area contributed by atoms with Gasteiger partial charge >= 0.3 is 0 Å². The largest absolute Gasteiger partial charge is 0.508 e. The first-order valence-corrected chi connectivity index (χ1v) is 10.5. The number of hydrogen-bond acceptors (Lipinski definition) is 9. The van der Waals surface area contributed by atoms with Gasteiger partial charge in [-0.05, 0) is 31.6 Å². The molecule has 0 spiro atoms. The predicted octanol–water partition coefficient (Wildman–Crippen LogP) is -0.686. The maximum absolute atomic E-state index is 13.6. The van der Waals surface area contributed by atoms with Gasteiger partial charge in [0.2, 0.25) is 0 Å². The summed E-state index contributed by atoms with van der Waals surface area (Å²) in [6, 6.07) is 3.42. The van der Waals surface area contributed by atoms with Gasteiger partial charge in [0.15, 0.2) is 17.2 Å². The van der Waals surface area contributed by atoms with E-state index in [1.54, 1.807) is 19.1 Å². The fourth-order valence-electron chi connectivity index (χ4n) is 5.93. The molecule has 176 valence electrons. The summed E-state index contributed by atoms with van der Waals surface area (Å²) in [5.41, 5.74) is 2.48. The van der Waals surface area contributed by atoms with Gasteiger partial charge in [-0.15, -0.1) is 0 Å². The Morgan fingerprint density at radius 1 is 1.21 bits per heavy atom. The van der Waals surface area contributed by atoms with Crippen LogP contribution in [0.3, 0.4) is 0 Å². The number of hydrogen-bond donors (Lipinski definition) is 6. The van der Waals surface area contributed by atoms with E-state index in [2.05, 4.69) is 5.32 Å². The van der Waals surface area contributed by atoms with Gasteiger partial charge < -0.3 is 31.5 Å². The average Bonchev–Trinajstić information content (AvgIpc) is 2.73. The number of benzene rings is 1. The second-order valence-corrected chi connectivity index (χ2v) is 9.07. The van der Waals surface area contributed by atoms with Crippen molar-refractivity contribution in [2.45, 2.75) is 30.6 Å². The molecule has 0 aromatic heterocycles. The number of Topliss-reactive ketones (excluding diaryl/α,β-unsaturated/α-hetero) is 2. The number of aromatic hydroxyl groups is 1. The third kappa shape index (κ3) is 2.74. The van der Waals surface area contributed by atoms with E-state index in [0.29, 0.717) is 5.56 Å². The number of phenolic OH excluding ortho intramolecular Hbond substituents is 1. The molecule has 10 nitrogen and oxygen atoms in total. The molecule has 0 saturated heterocycles. The van der Waals surface area contributed by atoms with Crippen LogP contribution in [0, 0.1) is 11.8 Å². The molecule has 0 aliphatic heterocycles. The Bertz CT molecular complexity index is 1150. The molecule has 0 bridgehead atoms. The van der Waals surface area contributed by atoms with Crippen molar-refractivity contribution in [3.63, 3.8) is 0 Å². The molecule has 33 heavy (non-hydrogen) atoms. The van der Waals surface area contributed by atoms with Gasteiger partial charge in [-0.1, -0.05) is 19.1 Å². The number of ketones is 2. The minimum absolute atomic E-state index is 0.0347. The molecular weight excluding hydrogens is 430 g/mol. The summed E-state index contributed by atoms with van der Waals surface area (Å²) < 4.78 is 0. The zero-order valence-electron chi connectivity index (χ0n) is 18.7. The number of carbonyl (C=O) groups is 3. The fourth-order valence-corrected chi connectivity index (χ4v) is 5.93. The van der Waals surface area contributed by atoms with E-state index in [4.69, 9.17) is 5.73 Å². The Balaban J connectivity index is 2.12. The van der Waals surface area contributed by atoms with E-state index in [9.17, 15) is 34.8 Å². The topological polar surface area (TPSA) is 173 Å². The average molecular weight is 457 g/mol. The first-order chi connectivity index (χ1) is 15.4. The molecule has 3 aliphatic rings. The lowest BCUT2D eigenvalue weighted by Crippen LogP contribution is -2.68. The van der Waals surface area contributed by atoms with Crippen LogP contribution in [0.25, 0.3) is 0 Å². The quantitative estimate of drug-likeness (QED) is 0.321. The van der Waals surface area contributed by atoms with E-state index in [1.807, 2.05) is 0 Å². The molecule has 4 rings (SSSR count). The lowest BCUT2D eigenvalue weighted by molar-refractivity contribution is -0.146. The maximum Gasteiger partial charge on any atom is 0.255 e. The SMILES string of the molecule is CNC1=C2C(=O)c3c(O)cccc3[C@H](C)C2[C@H](O)C2[C@H](N(C)C)C(=O)C(C(N)=O)=C(O)[C@@]12O. The number of carbonyl (C=O) groups excluding carboxylic acids is 3. The number of nitrogens with zero attached hydrogens (tertiary/aromatic N) is 1. The zero-order valence-corrected chi connectivity index (χ0v) is 18.7. The number of amides is 1. The Labute approximate surface area is 190 Å². The first-order valence-electron chi connectivity index (χ1n) is 10.5. The summed E-state index contributed by atoms with van der Waals surface area (Å²) >= 11 is 0. The summed E-state index contributed by atoms with van der Waals surface area (Å²) in [5, 5.41) is 47.7. The van der Waals surface area contributed by atoms with Crippen molar-refractivity contribution in [2.24, 2.45) is 17.6 Å². The van der Waals surface area contributed by atoms with Crippen LogP contribution in [0.1, 0.15) is 28.8 Å². The van der Waals surface area contributed by atoms with Gasteiger partial charge in [-0.2, -0.15) is 0 Å².